The first-order valence-corrected chi connectivity index (χ1v) is 17.1. The van der Waals surface area contributed by atoms with Gasteiger partial charge in [-0.2, -0.15) is 0 Å². The lowest BCUT2D eigenvalue weighted by atomic mass is 10.0. The largest absolute Gasteiger partial charge is 0.466 e. The lowest BCUT2D eigenvalue weighted by molar-refractivity contribution is -0.143. The zero-order valence-corrected chi connectivity index (χ0v) is 25.7. The normalized spacial score (nSPS) is 11.5. The predicted molar refractivity (Wildman–Crippen MR) is 165 cm³/mol. The van der Waals surface area contributed by atoms with Crippen molar-refractivity contribution in [3.63, 3.8) is 0 Å². The van der Waals surface area contributed by atoms with Crippen LogP contribution >= 0.6 is 0 Å². The van der Waals surface area contributed by atoms with Gasteiger partial charge in [-0.05, 0) is 25.7 Å². The minimum absolute atomic E-state index is 0.00339. The number of unbranched alkanes of at least 4 members (excludes halogenated alkanes) is 25. The van der Waals surface area contributed by atoms with E-state index in [2.05, 4.69) is 26.0 Å². The van der Waals surface area contributed by atoms with E-state index in [0.717, 1.165) is 25.7 Å². The summed E-state index contributed by atoms with van der Waals surface area (Å²) >= 11 is 0. The van der Waals surface area contributed by atoms with Crippen LogP contribution in [0.2, 0.25) is 0 Å². The van der Waals surface area contributed by atoms with E-state index in [4.69, 9.17) is 4.74 Å². The van der Waals surface area contributed by atoms with Crippen LogP contribution in [-0.2, 0) is 9.53 Å². The van der Waals surface area contributed by atoms with Gasteiger partial charge in [0.25, 0.3) is 0 Å². The van der Waals surface area contributed by atoms with Crippen LogP contribution in [-0.4, -0.2) is 12.6 Å². The molecule has 0 rings (SSSR count). The Kier molecular flexibility index (Phi) is 32.5. The molecule has 2 heteroatoms. The zero-order valence-electron chi connectivity index (χ0n) is 25.7. The van der Waals surface area contributed by atoms with Crippen molar-refractivity contribution in [1.82, 2.24) is 0 Å². The molecule has 0 radical (unpaired) electrons. The molecule has 0 fully saturated rings. The molecule has 0 saturated carbocycles. The van der Waals surface area contributed by atoms with Crippen molar-refractivity contribution in [2.75, 3.05) is 6.61 Å². The highest BCUT2D eigenvalue weighted by atomic mass is 16.5. The van der Waals surface area contributed by atoms with Crippen molar-refractivity contribution < 1.29 is 9.53 Å². The van der Waals surface area contributed by atoms with Crippen molar-refractivity contribution in [2.45, 2.75) is 200 Å². The maximum absolute atomic E-state index is 11.8. The molecule has 0 aliphatic rings. The number of carbonyl (C=O) groups excluding carboxylic acids is 1. The van der Waals surface area contributed by atoms with E-state index in [-0.39, 0.29) is 5.97 Å². The summed E-state index contributed by atoms with van der Waals surface area (Å²) in [6.45, 7) is 5.07. The van der Waals surface area contributed by atoms with E-state index in [9.17, 15) is 4.79 Å². The number of allylic oxidation sites excluding steroid dienone is 2. The van der Waals surface area contributed by atoms with Gasteiger partial charge in [0.1, 0.15) is 0 Å². The molecule has 0 N–H and O–H groups in total. The molecule has 0 amide bonds. The van der Waals surface area contributed by atoms with E-state index in [0.29, 0.717) is 13.0 Å². The summed E-state index contributed by atoms with van der Waals surface area (Å²) in [5.41, 5.74) is 0. The molecular formula is C35H68O2. The van der Waals surface area contributed by atoms with Crippen molar-refractivity contribution in [3.05, 3.63) is 12.2 Å². The van der Waals surface area contributed by atoms with Gasteiger partial charge < -0.3 is 4.74 Å². The maximum atomic E-state index is 11.8. The minimum Gasteiger partial charge on any atom is -0.466 e. The Bertz CT molecular complexity index is 456. The molecule has 0 heterocycles. The molecule has 37 heavy (non-hydrogen) atoms. The Morgan fingerprint density at radius 2 is 0.784 bits per heavy atom. The first-order chi connectivity index (χ1) is 18.3. The summed E-state index contributed by atoms with van der Waals surface area (Å²) in [6, 6.07) is 0. The molecule has 0 bridgehead atoms. The number of ether oxygens (including phenoxy) is 1. The average Bonchev–Trinajstić information content (AvgIpc) is 2.90. The van der Waals surface area contributed by atoms with Crippen LogP contribution in [0, 0.1) is 0 Å². The minimum atomic E-state index is -0.00339. The molecular weight excluding hydrogens is 452 g/mol. The monoisotopic (exact) mass is 521 g/mol. The van der Waals surface area contributed by atoms with Crippen LogP contribution < -0.4 is 0 Å². The fraction of sp³-hybridized carbons (Fsp3) is 0.914. The molecule has 0 atom stereocenters. The number of rotatable bonds is 31. The summed E-state index contributed by atoms with van der Waals surface area (Å²) in [7, 11) is 0. The Morgan fingerprint density at radius 1 is 0.432 bits per heavy atom. The van der Waals surface area contributed by atoms with E-state index >= 15 is 0 Å². The highest BCUT2D eigenvalue weighted by molar-refractivity contribution is 5.69. The van der Waals surface area contributed by atoms with Gasteiger partial charge in [-0.1, -0.05) is 180 Å². The second-order valence-electron chi connectivity index (χ2n) is 11.5. The SMILES string of the molecule is CCC/C=C/CCCOC(=O)CCCCCCCCCCCCCCCCCCCCCCCCCC. The van der Waals surface area contributed by atoms with Crippen molar-refractivity contribution >= 4 is 5.97 Å². The molecule has 0 spiro atoms. The lowest BCUT2D eigenvalue weighted by Crippen LogP contribution is -2.05. The highest BCUT2D eigenvalue weighted by Crippen LogP contribution is 2.16. The Morgan fingerprint density at radius 3 is 1.16 bits per heavy atom. The lowest BCUT2D eigenvalue weighted by Gasteiger charge is -2.05. The van der Waals surface area contributed by atoms with Gasteiger partial charge in [0.2, 0.25) is 0 Å². The molecule has 220 valence electrons. The first-order valence-electron chi connectivity index (χ1n) is 17.1. The standard InChI is InChI=1S/C35H68O2/c1-3-5-7-9-11-12-13-14-15-16-17-18-19-20-21-22-23-24-25-26-27-28-29-31-33-35(36)37-34-32-30-10-8-6-4-2/h8,10H,3-7,9,11-34H2,1-2H3/b10-8+. The number of esters is 1. The van der Waals surface area contributed by atoms with Gasteiger partial charge in [-0.25, -0.2) is 0 Å². The van der Waals surface area contributed by atoms with Crippen LogP contribution in [0.3, 0.4) is 0 Å². The quantitative estimate of drug-likeness (QED) is 0.0516. The molecule has 0 aromatic carbocycles. The molecule has 0 aromatic heterocycles. The topological polar surface area (TPSA) is 26.3 Å². The van der Waals surface area contributed by atoms with E-state index in [1.165, 1.54) is 154 Å². The van der Waals surface area contributed by atoms with Gasteiger partial charge in [0, 0.05) is 6.42 Å². The molecule has 0 aliphatic heterocycles. The predicted octanol–water partition coefficient (Wildman–Crippen LogP) is 12.4. The second kappa shape index (κ2) is 33.2. The van der Waals surface area contributed by atoms with Gasteiger partial charge >= 0.3 is 5.97 Å². The number of hydrogen-bond acceptors (Lipinski definition) is 2. The second-order valence-corrected chi connectivity index (χ2v) is 11.5. The molecule has 0 unspecified atom stereocenters. The molecule has 0 saturated heterocycles. The molecule has 0 aliphatic carbocycles. The highest BCUT2D eigenvalue weighted by Gasteiger charge is 2.02. The van der Waals surface area contributed by atoms with Gasteiger partial charge in [-0.15, -0.1) is 0 Å². The van der Waals surface area contributed by atoms with Crippen LogP contribution in [0.15, 0.2) is 12.2 Å². The van der Waals surface area contributed by atoms with E-state index < -0.39 is 0 Å². The van der Waals surface area contributed by atoms with Crippen LogP contribution in [0.1, 0.15) is 200 Å². The van der Waals surface area contributed by atoms with E-state index in [1.54, 1.807) is 0 Å². The Labute approximate surface area is 234 Å². The van der Waals surface area contributed by atoms with Gasteiger partial charge in [0.15, 0.2) is 0 Å². The summed E-state index contributed by atoms with van der Waals surface area (Å²) < 4.78 is 5.33. The van der Waals surface area contributed by atoms with Crippen LogP contribution in [0.4, 0.5) is 0 Å². The number of hydrogen-bond donors (Lipinski definition) is 0. The van der Waals surface area contributed by atoms with Crippen LogP contribution in [0.5, 0.6) is 0 Å². The van der Waals surface area contributed by atoms with Crippen molar-refractivity contribution in [1.29, 1.82) is 0 Å². The third-order valence-corrected chi connectivity index (χ3v) is 7.63. The van der Waals surface area contributed by atoms with Gasteiger partial charge in [-0.3, -0.25) is 4.79 Å². The van der Waals surface area contributed by atoms with Gasteiger partial charge in [0.05, 0.1) is 6.61 Å². The zero-order chi connectivity index (χ0) is 26.9. The average molecular weight is 521 g/mol. The maximum Gasteiger partial charge on any atom is 0.305 e. The molecule has 2 nitrogen and oxygen atoms in total. The van der Waals surface area contributed by atoms with E-state index in [1.807, 2.05) is 0 Å². The van der Waals surface area contributed by atoms with Crippen LogP contribution in [0.25, 0.3) is 0 Å². The third kappa shape index (κ3) is 33.2. The Balaban J connectivity index is 3.12. The summed E-state index contributed by atoms with van der Waals surface area (Å²) in [6.07, 6.45) is 43.0. The molecule has 0 aromatic rings. The number of carbonyl (C=O) groups is 1. The Hall–Kier alpha value is -0.790. The smallest absolute Gasteiger partial charge is 0.305 e. The van der Waals surface area contributed by atoms with Crippen molar-refractivity contribution in [3.8, 4) is 0 Å². The first kappa shape index (κ1) is 36.2. The third-order valence-electron chi connectivity index (χ3n) is 7.63. The fourth-order valence-electron chi connectivity index (χ4n) is 5.09. The van der Waals surface area contributed by atoms with Crippen molar-refractivity contribution in [2.24, 2.45) is 0 Å². The fourth-order valence-corrected chi connectivity index (χ4v) is 5.09. The summed E-state index contributed by atoms with van der Waals surface area (Å²) in [5.74, 6) is -0.00339. The summed E-state index contributed by atoms with van der Waals surface area (Å²) in [4.78, 5) is 11.8. The summed E-state index contributed by atoms with van der Waals surface area (Å²) in [5, 5.41) is 0.